The summed E-state index contributed by atoms with van der Waals surface area (Å²) < 4.78 is 0. The molecule has 0 aliphatic heterocycles. The third-order valence-corrected chi connectivity index (χ3v) is 3.22. The van der Waals surface area contributed by atoms with E-state index in [2.05, 4.69) is 4.98 Å². The molecule has 1 heterocycles. The number of fused-ring (bicyclic) bond motifs is 1. The van der Waals surface area contributed by atoms with Crippen molar-refractivity contribution in [3.05, 3.63) is 77.5 Å². The van der Waals surface area contributed by atoms with Gasteiger partial charge in [-0.1, -0.05) is 36.4 Å². The van der Waals surface area contributed by atoms with Gasteiger partial charge in [-0.3, -0.25) is 4.98 Å². The Morgan fingerprint density at radius 1 is 1.00 bits per heavy atom. The SMILES string of the molecule is O=C(O)c1cccc(Cc2ccc3ccccc3n2)c1. The van der Waals surface area contributed by atoms with E-state index in [1.54, 1.807) is 18.2 Å². The second-order valence-corrected chi connectivity index (χ2v) is 4.68. The van der Waals surface area contributed by atoms with E-state index >= 15 is 0 Å². The van der Waals surface area contributed by atoms with Gasteiger partial charge in [0.2, 0.25) is 0 Å². The van der Waals surface area contributed by atoms with Gasteiger partial charge in [-0.15, -0.1) is 0 Å². The third kappa shape index (κ3) is 2.52. The molecule has 2 aromatic carbocycles. The Morgan fingerprint density at radius 3 is 2.70 bits per heavy atom. The van der Waals surface area contributed by atoms with Crippen molar-refractivity contribution in [1.82, 2.24) is 4.98 Å². The number of carboxylic acids is 1. The van der Waals surface area contributed by atoms with Crippen molar-refractivity contribution < 1.29 is 9.90 Å². The predicted molar refractivity (Wildman–Crippen MR) is 78.0 cm³/mol. The Hall–Kier alpha value is -2.68. The normalized spacial score (nSPS) is 10.6. The van der Waals surface area contributed by atoms with Crippen molar-refractivity contribution in [2.45, 2.75) is 6.42 Å². The molecule has 98 valence electrons. The topological polar surface area (TPSA) is 50.2 Å². The number of benzene rings is 2. The van der Waals surface area contributed by atoms with E-state index in [1.807, 2.05) is 42.5 Å². The molecule has 1 aromatic heterocycles. The number of pyridine rings is 1. The van der Waals surface area contributed by atoms with Crippen LogP contribution in [0, 0.1) is 0 Å². The number of rotatable bonds is 3. The molecule has 3 rings (SSSR count). The van der Waals surface area contributed by atoms with E-state index in [0.717, 1.165) is 22.2 Å². The van der Waals surface area contributed by atoms with Gasteiger partial charge in [-0.2, -0.15) is 0 Å². The molecule has 0 amide bonds. The van der Waals surface area contributed by atoms with Gasteiger partial charge in [0.1, 0.15) is 0 Å². The molecule has 3 aromatic rings. The number of carboxylic acid groups (broad SMARTS) is 1. The van der Waals surface area contributed by atoms with Crippen molar-refractivity contribution >= 4 is 16.9 Å². The average Bonchev–Trinajstić information content (AvgIpc) is 2.47. The van der Waals surface area contributed by atoms with Gasteiger partial charge in [-0.05, 0) is 29.8 Å². The molecule has 0 bridgehead atoms. The molecular formula is C17H13NO2. The van der Waals surface area contributed by atoms with E-state index in [9.17, 15) is 4.79 Å². The van der Waals surface area contributed by atoms with Gasteiger partial charge in [0.25, 0.3) is 0 Å². The fourth-order valence-electron chi connectivity index (χ4n) is 2.23. The highest BCUT2D eigenvalue weighted by molar-refractivity contribution is 5.87. The first-order valence-electron chi connectivity index (χ1n) is 6.39. The van der Waals surface area contributed by atoms with Crippen molar-refractivity contribution in [2.75, 3.05) is 0 Å². The van der Waals surface area contributed by atoms with Crippen LogP contribution in [0.1, 0.15) is 21.6 Å². The Morgan fingerprint density at radius 2 is 1.85 bits per heavy atom. The van der Waals surface area contributed by atoms with E-state index < -0.39 is 5.97 Å². The first-order valence-corrected chi connectivity index (χ1v) is 6.39. The number of aromatic carboxylic acids is 1. The number of aromatic nitrogens is 1. The van der Waals surface area contributed by atoms with Crippen LogP contribution in [0.25, 0.3) is 10.9 Å². The van der Waals surface area contributed by atoms with Gasteiger partial charge in [-0.25, -0.2) is 4.79 Å². The average molecular weight is 263 g/mol. The summed E-state index contributed by atoms with van der Waals surface area (Å²) in [6.07, 6.45) is 0.631. The fourth-order valence-corrected chi connectivity index (χ4v) is 2.23. The summed E-state index contributed by atoms with van der Waals surface area (Å²) in [5, 5.41) is 10.1. The van der Waals surface area contributed by atoms with Crippen molar-refractivity contribution in [3.8, 4) is 0 Å². The van der Waals surface area contributed by atoms with Crippen LogP contribution < -0.4 is 0 Å². The summed E-state index contributed by atoms with van der Waals surface area (Å²) in [4.78, 5) is 15.6. The number of nitrogens with zero attached hydrogens (tertiary/aromatic N) is 1. The smallest absolute Gasteiger partial charge is 0.335 e. The van der Waals surface area contributed by atoms with Crippen LogP contribution in [0.5, 0.6) is 0 Å². The molecule has 3 heteroatoms. The summed E-state index contributed by atoms with van der Waals surface area (Å²) >= 11 is 0. The summed E-state index contributed by atoms with van der Waals surface area (Å²) in [5.41, 5.74) is 3.15. The van der Waals surface area contributed by atoms with Crippen LogP contribution in [0.2, 0.25) is 0 Å². The van der Waals surface area contributed by atoms with Gasteiger partial charge in [0.05, 0.1) is 11.1 Å². The van der Waals surface area contributed by atoms with E-state index in [4.69, 9.17) is 5.11 Å². The number of para-hydroxylation sites is 1. The highest BCUT2D eigenvalue weighted by atomic mass is 16.4. The summed E-state index contributed by atoms with van der Waals surface area (Å²) in [6, 6.07) is 18.9. The molecule has 1 N–H and O–H groups in total. The van der Waals surface area contributed by atoms with Crippen molar-refractivity contribution in [2.24, 2.45) is 0 Å². The van der Waals surface area contributed by atoms with Crippen molar-refractivity contribution in [3.63, 3.8) is 0 Å². The number of carbonyl (C=O) groups is 1. The van der Waals surface area contributed by atoms with Gasteiger partial charge in [0, 0.05) is 17.5 Å². The highest BCUT2D eigenvalue weighted by Crippen LogP contribution is 2.15. The predicted octanol–water partition coefficient (Wildman–Crippen LogP) is 3.52. The minimum Gasteiger partial charge on any atom is -0.478 e. The quantitative estimate of drug-likeness (QED) is 0.786. The minimum absolute atomic E-state index is 0.309. The lowest BCUT2D eigenvalue weighted by molar-refractivity contribution is 0.0697. The zero-order valence-corrected chi connectivity index (χ0v) is 10.8. The molecule has 0 radical (unpaired) electrons. The Balaban J connectivity index is 1.92. The molecule has 0 aliphatic rings. The molecule has 20 heavy (non-hydrogen) atoms. The maximum atomic E-state index is 11.0. The lowest BCUT2D eigenvalue weighted by atomic mass is 10.1. The van der Waals surface area contributed by atoms with Gasteiger partial charge >= 0.3 is 5.97 Å². The lowest BCUT2D eigenvalue weighted by Crippen LogP contribution is -1.98. The second-order valence-electron chi connectivity index (χ2n) is 4.68. The molecule has 0 saturated carbocycles. The first-order chi connectivity index (χ1) is 9.72. The zero-order valence-electron chi connectivity index (χ0n) is 10.8. The van der Waals surface area contributed by atoms with E-state index in [1.165, 1.54) is 0 Å². The number of hydrogen-bond acceptors (Lipinski definition) is 2. The molecule has 0 unspecified atom stereocenters. The molecule has 0 spiro atoms. The molecule has 0 fully saturated rings. The molecule has 0 atom stereocenters. The summed E-state index contributed by atoms with van der Waals surface area (Å²) in [5.74, 6) is -0.904. The standard InChI is InChI=1S/C17H13NO2/c19-17(20)14-6-3-4-12(10-14)11-15-9-8-13-5-1-2-7-16(13)18-15/h1-10H,11H2,(H,19,20). The van der Waals surface area contributed by atoms with Gasteiger partial charge in [0.15, 0.2) is 0 Å². The van der Waals surface area contributed by atoms with Gasteiger partial charge < -0.3 is 5.11 Å². The number of hydrogen-bond donors (Lipinski definition) is 1. The fraction of sp³-hybridized carbons (Fsp3) is 0.0588. The molecule has 0 saturated heterocycles. The van der Waals surface area contributed by atoms with Crippen LogP contribution >= 0.6 is 0 Å². The third-order valence-electron chi connectivity index (χ3n) is 3.22. The Bertz CT molecular complexity index is 781. The second kappa shape index (κ2) is 5.13. The minimum atomic E-state index is -0.904. The molecular weight excluding hydrogens is 250 g/mol. The Labute approximate surface area is 116 Å². The van der Waals surface area contributed by atoms with Crippen LogP contribution in [0.3, 0.4) is 0 Å². The first kappa shape index (κ1) is 12.4. The largest absolute Gasteiger partial charge is 0.478 e. The summed E-state index contributed by atoms with van der Waals surface area (Å²) in [7, 11) is 0. The lowest BCUT2D eigenvalue weighted by Gasteiger charge is -2.04. The summed E-state index contributed by atoms with van der Waals surface area (Å²) in [6.45, 7) is 0. The highest BCUT2D eigenvalue weighted by Gasteiger charge is 2.05. The monoisotopic (exact) mass is 263 g/mol. The van der Waals surface area contributed by atoms with Crippen molar-refractivity contribution in [1.29, 1.82) is 0 Å². The van der Waals surface area contributed by atoms with Crippen LogP contribution in [-0.4, -0.2) is 16.1 Å². The van der Waals surface area contributed by atoms with Crippen LogP contribution in [0.4, 0.5) is 0 Å². The van der Waals surface area contributed by atoms with E-state index in [0.29, 0.717) is 12.0 Å². The van der Waals surface area contributed by atoms with E-state index in [-0.39, 0.29) is 0 Å². The zero-order chi connectivity index (χ0) is 13.9. The molecule has 0 aliphatic carbocycles. The maximum Gasteiger partial charge on any atom is 0.335 e. The maximum absolute atomic E-state index is 11.0. The Kier molecular flexibility index (Phi) is 3.17. The van der Waals surface area contributed by atoms with Crippen LogP contribution in [0.15, 0.2) is 60.7 Å². The molecule has 3 nitrogen and oxygen atoms in total. The van der Waals surface area contributed by atoms with Crippen LogP contribution in [-0.2, 0) is 6.42 Å².